The summed E-state index contributed by atoms with van der Waals surface area (Å²) in [5.41, 5.74) is 3.99. The van der Waals surface area contributed by atoms with E-state index in [-0.39, 0.29) is 53.8 Å². The monoisotopic (exact) mass is 759 g/mol. The number of imide groups is 1. The van der Waals surface area contributed by atoms with Gasteiger partial charge in [0.2, 0.25) is 17.8 Å². The number of hydrogen-bond donors (Lipinski definition) is 2. The lowest BCUT2D eigenvalue weighted by Crippen LogP contribution is -2.66. The average Bonchev–Trinajstić information content (AvgIpc) is 3.87. The summed E-state index contributed by atoms with van der Waals surface area (Å²) in [6.45, 7) is 1.60. The molecular formula is C40H45N11O5. The third kappa shape index (κ3) is 5.80. The summed E-state index contributed by atoms with van der Waals surface area (Å²) >= 11 is 0. The first kappa shape index (κ1) is 35.6. The largest absolute Gasteiger partial charge is 0.369 e. The molecule has 0 radical (unpaired) electrons. The minimum atomic E-state index is -0.732. The zero-order valence-electron chi connectivity index (χ0n) is 32.0. The van der Waals surface area contributed by atoms with E-state index in [1.807, 2.05) is 36.2 Å². The molecule has 0 bridgehead atoms. The van der Waals surface area contributed by atoms with Gasteiger partial charge in [-0.15, -0.1) is 0 Å². The van der Waals surface area contributed by atoms with E-state index in [1.54, 1.807) is 55.1 Å². The highest BCUT2D eigenvalue weighted by molar-refractivity contribution is 6.01. The van der Waals surface area contributed by atoms with Crippen LogP contribution in [0.5, 0.6) is 0 Å². The van der Waals surface area contributed by atoms with E-state index < -0.39 is 11.9 Å². The van der Waals surface area contributed by atoms with Crippen molar-refractivity contribution in [2.75, 3.05) is 44.4 Å². The zero-order chi connectivity index (χ0) is 39.0. The van der Waals surface area contributed by atoms with Crippen LogP contribution >= 0.6 is 0 Å². The molecule has 1 spiro atoms. The number of hydrogen-bond acceptors (Lipinski definition) is 10. The number of nitrogens with zero attached hydrogens (tertiary/aromatic N) is 9. The highest BCUT2D eigenvalue weighted by Crippen LogP contribution is 2.52. The van der Waals surface area contributed by atoms with Crippen LogP contribution in [-0.4, -0.2) is 102 Å². The van der Waals surface area contributed by atoms with Crippen molar-refractivity contribution in [3.05, 3.63) is 70.5 Å². The van der Waals surface area contributed by atoms with Crippen LogP contribution in [0.25, 0.3) is 22.1 Å². The van der Waals surface area contributed by atoms with Crippen molar-refractivity contribution < 1.29 is 19.2 Å². The van der Waals surface area contributed by atoms with E-state index in [2.05, 4.69) is 30.1 Å². The molecular weight excluding hydrogens is 715 g/mol. The van der Waals surface area contributed by atoms with Gasteiger partial charge in [0.1, 0.15) is 23.2 Å². The van der Waals surface area contributed by atoms with Gasteiger partial charge in [-0.1, -0.05) is 18.9 Å². The summed E-state index contributed by atoms with van der Waals surface area (Å²) in [5.74, 6) is -0.0620. The van der Waals surface area contributed by atoms with Crippen LogP contribution in [0.3, 0.4) is 0 Å². The Morgan fingerprint density at radius 1 is 0.929 bits per heavy atom. The molecule has 56 heavy (non-hydrogen) atoms. The molecule has 2 aliphatic heterocycles. The Labute approximate surface area is 322 Å². The van der Waals surface area contributed by atoms with E-state index in [9.17, 15) is 24.0 Å². The van der Waals surface area contributed by atoms with Gasteiger partial charge < -0.3 is 24.6 Å². The van der Waals surface area contributed by atoms with Crippen LogP contribution in [0.15, 0.2) is 53.6 Å². The van der Waals surface area contributed by atoms with Crippen LogP contribution in [-0.2, 0) is 16.6 Å². The predicted molar refractivity (Wildman–Crippen MR) is 209 cm³/mol. The maximum absolute atomic E-state index is 13.6. The Balaban J connectivity index is 0.843. The number of rotatable bonds is 8. The molecule has 2 N–H and O–H groups in total. The number of aromatic nitrogens is 6. The van der Waals surface area contributed by atoms with Gasteiger partial charge in [0, 0.05) is 83.0 Å². The predicted octanol–water partition coefficient (Wildman–Crippen LogP) is 3.76. The molecule has 4 aromatic heterocycles. The smallest absolute Gasteiger partial charge is 0.329 e. The summed E-state index contributed by atoms with van der Waals surface area (Å²) in [6.07, 6.45) is 9.76. The third-order valence-corrected chi connectivity index (χ3v) is 12.3. The number of aryl methyl sites for hydroxylation is 1. The van der Waals surface area contributed by atoms with Crippen LogP contribution in [0.2, 0.25) is 0 Å². The second-order valence-corrected chi connectivity index (χ2v) is 16.2. The molecule has 6 heterocycles. The molecule has 2 aliphatic carbocycles. The zero-order valence-corrected chi connectivity index (χ0v) is 32.0. The lowest BCUT2D eigenvalue weighted by atomic mass is 9.60. The highest BCUT2D eigenvalue weighted by Gasteiger charge is 2.54. The van der Waals surface area contributed by atoms with Crippen LogP contribution in [0.4, 0.5) is 17.5 Å². The molecule has 16 heteroatoms. The Morgan fingerprint density at radius 3 is 2.39 bits per heavy atom. The summed E-state index contributed by atoms with van der Waals surface area (Å²) in [4.78, 5) is 84.0. The molecule has 1 atom stereocenters. The van der Waals surface area contributed by atoms with Gasteiger partial charge in [-0.25, -0.2) is 14.8 Å². The van der Waals surface area contributed by atoms with E-state index in [0.29, 0.717) is 34.2 Å². The maximum Gasteiger partial charge on any atom is 0.329 e. The van der Waals surface area contributed by atoms with Crippen LogP contribution in [0, 0.1) is 5.41 Å². The lowest BCUT2D eigenvalue weighted by Gasteiger charge is -2.61. The second-order valence-electron chi connectivity index (χ2n) is 16.2. The summed E-state index contributed by atoms with van der Waals surface area (Å²) < 4.78 is 5.18. The number of pyridine rings is 1. The number of benzene rings is 1. The molecule has 4 amide bonds. The average molecular weight is 760 g/mol. The molecule has 290 valence electrons. The third-order valence-electron chi connectivity index (χ3n) is 12.3. The quantitative estimate of drug-likeness (QED) is 0.222. The van der Waals surface area contributed by atoms with Crippen molar-refractivity contribution in [1.82, 2.24) is 43.8 Å². The Hall–Kier alpha value is -6.06. The van der Waals surface area contributed by atoms with Crippen molar-refractivity contribution in [2.24, 2.45) is 12.5 Å². The normalized spacial score (nSPS) is 19.6. The lowest BCUT2D eigenvalue weighted by molar-refractivity contribution is -0.135. The fraction of sp³-hybridized carbons (Fsp3) is 0.450. The number of carbonyl (C=O) groups is 4. The molecule has 5 aromatic rings. The number of para-hydroxylation sites is 1. The molecule has 9 rings (SSSR count). The SMILES string of the molecule is CN(C)C(=O)c1cc2cnc(Nc3ccc(C(=O)N(C)C4CC5(C4)CN(c4cccc6c4n(C)c(=O)n6C4CCC(=O)NC4=O)C5)cn3)nc2n1C1CCCC1. The van der Waals surface area contributed by atoms with Crippen LogP contribution < -0.4 is 21.2 Å². The van der Waals surface area contributed by atoms with Gasteiger partial charge in [0.15, 0.2) is 0 Å². The molecule has 4 fully saturated rings. The second kappa shape index (κ2) is 13.3. The number of anilines is 3. The molecule has 16 nitrogen and oxygen atoms in total. The number of fused-ring (bicyclic) bond motifs is 2. The number of imidazole rings is 1. The first-order valence-corrected chi connectivity index (χ1v) is 19.3. The van der Waals surface area contributed by atoms with E-state index in [1.165, 1.54) is 4.57 Å². The summed E-state index contributed by atoms with van der Waals surface area (Å²) in [7, 11) is 7.07. The minimum absolute atomic E-state index is 0.0635. The van der Waals surface area contributed by atoms with Crippen LogP contribution in [0.1, 0.15) is 84.3 Å². The van der Waals surface area contributed by atoms with Gasteiger partial charge in [-0.2, -0.15) is 4.98 Å². The van der Waals surface area contributed by atoms with E-state index in [0.717, 1.165) is 68.2 Å². The molecule has 1 aromatic carbocycles. The van der Waals surface area contributed by atoms with E-state index in [4.69, 9.17) is 4.98 Å². The van der Waals surface area contributed by atoms with Gasteiger partial charge in [0.25, 0.3) is 11.8 Å². The minimum Gasteiger partial charge on any atom is -0.369 e. The standard InChI is InChI=1S/C40H45N11O5/c1-46(2)37(55)30-16-24-20-42-38(45-34(24)50(30)25-8-5-6-9-25)43-31-14-12-23(19-41-31)36(54)47(3)26-17-40(18-26)21-49(22-40)27-10-7-11-28-33(27)48(4)39(56)51(28)29-13-15-32(52)44-35(29)53/h7,10-12,14,16,19-20,25-26,29H,5-6,8-9,13,15,17-18,21-22H2,1-4H3,(H,44,52,53)(H,41,42,43,45). The van der Waals surface area contributed by atoms with Crippen molar-refractivity contribution >= 4 is 63.1 Å². The first-order chi connectivity index (χ1) is 26.9. The molecule has 1 unspecified atom stereocenters. The molecule has 2 saturated heterocycles. The first-order valence-electron chi connectivity index (χ1n) is 19.3. The Kier molecular flexibility index (Phi) is 8.47. The van der Waals surface area contributed by atoms with Gasteiger partial charge in [-0.3, -0.25) is 33.6 Å². The number of nitrogens with one attached hydrogen (secondary N) is 2. The number of amides is 4. The van der Waals surface area contributed by atoms with Crippen molar-refractivity contribution in [3.8, 4) is 0 Å². The maximum atomic E-state index is 13.6. The topological polar surface area (TPSA) is 173 Å². The fourth-order valence-electron chi connectivity index (χ4n) is 9.38. The van der Waals surface area contributed by atoms with Gasteiger partial charge in [0.05, 0.1) is 22.3 Å². The number of carbonyl (C=O) groups excluding carboxylic acids is 4. The molecule has 4 aliphatic rings. The summed E-state index contributed by atoms with van der Waals surface area (Å²) in [5, 5.41) is 6.36. The Morgan fingerprint density at radius 2 is 1.70 bits per heavy atom. The Bertz CT molecular complexity index is 2480. The fourth-order valence-corrected chi connectivity index (χ4v) is 9.38. The molecule has 2 saturated carbocycles. The van der Waals surface area contributed by atoms with Crippen molar-refractivity contribution in [3.63, 3.8) is 0 Å². The van der Waals surface area contributed by atoms with E-state index >= 15 is 0 Å². The van der Waals surface area contributed by atoms with Gasteiger partial charge in [-0.05, 0) is 62.4 Å². The van der Waals surface area contributed by atoms with Crippen molar-refractivity contribution in [2.45, 2.75) is 69.5 Å². The highest BCUT2D eigenvalue weighted by atomic mass is 16.2. The number of piperidine rings is 1. The summed E-state index contributed by atoms with van der Waals surface area (Å²) in [6, 6.07) is 10.7. The van der Waals surface area contributed by atoms with Gasteiger partial charge >= 0.3 is 5.69 Å². The van der Waals surface area contributed by atoms with Crippen molar-refractivity contribution in [1.29, 1.82) is 0 Å².